The van der Waals surface area contributed by atoms with Crippen LogP contribution in [0.4, 0.5) is 34.1 Å². The van der Waals surface area contributed by atoms with Crippen LogP contribution in [0.1, 0.15) is 49.9 Å². The molecule has 2 aliphatic heterocycles. The summed E-state index contributed by atoms with van der Waals surface area (Å²) in [5.74, 6) is 0. The van der Waals surface area contributed by atoms with E-state index in [1.165, 1.54) is 118 Å². The second-order valence-electron chi connectivity index (χ2n) is 17.7. The zero-order chi connectivity index (χ0) is 40.1. The first-order valence-electron chi connectivity index (χ1n) is 20.9. The van der Waals surface area contributed by atoms with Crippen molar-refractivity contribution in [3.8, 4) is 0 Å². The molecule has 0 saturated carbocycles. The predicted molar refractivity (Wildman–Crippen MR) is 261 cm³/mol. The second kappa shape index (κ2) is 12.1. The van der Waals surface area contributed by atoms with Crippen molar-refractivity contribution < 1.29 is 0 Å². The summed E-state index contributed by atoms with van der Waals surface area (Å²) in [6.07, 6.45) is 0. The molecule has 11 aromatic rings. The summed E-state index contributed by atoms with van der Waals surface area (Å²) < 4.78 is 5.35. The van der Waals surface area contributed by atoms with Crippen molar-refractivity contribution in [2.45, 2.75) is 38.5 Å². The van der Waals surface area contributed by atoms with Crippen molar-refractivity contribution in [3.05, 3.63) is 192 Å². The quantitative estimate of drug-likeness (QED) is 0.172. The number of fused-ring (bicyclic) bond motifs is 14. The van der Waals surface area contributed by atoms with Gasteiger partial charge in [0.1, 0.15) is 0 Å². The van der Waals surface area contributed by atoms with Crippen molar-refractivity contribution in [1.82, 2.24) is 0 Å². The molecule has 0 fully saturated rings. The summed E-state index contributed by atoms with van der Waals surface area (Å²) in [5.41, 5.74) is 12.5. The second-order valence-corrected chi connectivity index (χ2v) is 19.9. The normalized spacial score (nSPS) is 15.2. The van der Waals surface area contributed by atoms with E-state index in [9.17, 15) is 0 Å². The number of para-hydroxylation sites is 2. The highest BCUT2D eigenvalue weighted by molar-refractivity contribution is 7.27. The fourth-order valence-electron chi connectivity index (χ4n) is 10.9. The van der Waals surface area contributed by atoms with Gasteiger partial charge in [0.15, 0.2) is 0 Å². The Labute approximate surface area is 357 Å². The number of benzene rings is 9. The summed E-state index contributed by atoms with van der Waals surface area (Å²) in [4.78, 5) is 5.02. The Morgan fingerprint density at radius 3 is 1.13 bits per heavy atom. The highest BCUT2D eigenvalue weighted by Crippen LogP contribution is 2.58. The van der Waals surface area contributed by atoms with Crippen molar-refractivity contribution in [2.75, 3.05) is 9.80 Å². The molecule has 2 nitrogen and oxygen atoms in total. The van der Waals surface area contributed by atoms with Crippen LogP contribution in [-0.2, 0) is 10.8 Å². The van der Waals surface area contributed by atoms with Crippen LogP contribution in [-0.4, -0.2) is 0 Å². The number of thiophene rings is 2. The maximum Gasteiger partial charge on any atom is 0.0509 e. The van der Waals surface area contributed by atoms with E-state index in [1.54, 1.807) is 0 Å². The first-order valence-corrected chi connectivity index (χ1v) is 22.6. The molecule has 4 heteroatoms. The molecule has 0 atom stereocenters. The Balaban J connectivity index is 1.05. The highest BCUT2D eigenvalue weighted by Gasteiger charge is 2.40. The van der Waals surface area contributed by atoms with Gasteiger partial charge >= 0.3 is 0 Å². The van der Waals surface area contributed by atoms with Crippen LogP contribution >= 0.6 is 22.7 Å². The maximum atomic E-state index is 2.51. The molecule has 0 aliphatic carbocycles. The molecule has 0 saturated heterocycles. The predicted octanol–water partition coefficient (Wildman–Crippen LogP) is 16.9. The van der Waals surface area contributed by atoms with E-state index in [1.807, 2.05) is 22.7 Å². The van der Waals surface area contributed by atoms with Crippen molar-refractivity contribution in [1.29, 1.82) is 0 Å². The standard InChI is InChI=1S/C56H40N2S2/c1-55(2)43-31-51-39(27-47(43)57(35-17-7-5-8-18-35)45-25-23-33-15-11-13-21-37(33)53(45)55)41-29-50-42(30-49(41)59-51)40-28-48-44(32-52(40)60-50)56(3,4)54-38-22-14-12-16-34(38)24-26-46(54)58(48)36-19-9-6-10-20-36/h5-32H,1-4H3. The fourth-order valence-corrected chi connectivity index (χ4v) is 13.2. The molecule has 0 N–H and O–H groups in total. The first kappa shape index (κ1) is 34.4. The van der Waals surface area contributed by atoms with Gasteiger partial charge in [0.05, 0.1) is 22.7 Å². The summed E-state index contributed by atoms with van der Waals surface area (Å²) in [5, 5.41) is 10.5. The molecule has 0 unspecified atom stereocenters. The van der Waals surface area contributed by atoms with Crippen molar-refractivity contribution in [3.63, 3.8) is 0 Å². The van der Waals surface area contributed by atoms with Gasteiger partial charge in [0.25, 0.3) is 0 Å². The number of rotatable bonds is 2. The minimum atomic E-state index is -0.208. The zero-order valence-corrected chi connectivity index (χ0v) is 35.5. The molecule has 9 aromatic carbocycles. The van der Waals surface area contributed by atoms with E-state index in [4.69, 9.17) is 0 Å². The van der Waals surface area contributed by atoms with Gasteiger partial charge in [-0.05, 0) is 117 Å². The van der Waals surface area contributed by atoms with Gasteiger partial charge < -0.3 is 9.80 Å². The van der Waals surface area contributed by atoms with Crippen LogP contribution in [0.15, 0.2) is 170 Å². The summed E-state index contributed by atoms with van der Waals surface area (Å²) in [6, 6.07) is 63.9. The lowest BCUT2D eigenvalue weighted by molar-refractivity contribution is 0.639. The molecule has 60 heavy (non-hydrogen) atoms. The third kappa shape index (κ3) is 4.58. The molecule has 0 bridgehead atoms. The minimum Gasteiger partial charge on any atom is -0.310 e. The largest absolute Gasteiger partial charge is 0.310 e. The SMILES string of the molecule is CC1(C)c2cc3sc4cc5c(cc4c3cc2N(c2ccccc2)c2ccc3ccccc3c21)sc1cc2c(cc15)N(c1ccccc1)c1ccc3ccccc3c1C2(C)C. The number of anilines is 6. The lowest BCUT2D eigenvalue weighted by Gasteiger charge is -2.43. The molecule has 2 aromatic heterocycles. The number of hydrogen-bond acceptors (Lipinski definition) is 4. The number of hydrogen-bond donors (Lipinski definition) is 0. The Hall–Kier alpha value is -6.46. The van der Waals surface area contributed by atoms with Crippen LogP contribution in [0.25, 0.3) is 61.9 Å². The van der Waals surface area contributed by atoms with Crippen LogP contribution < -0.4 is 9.80 Å². The Morgan fingerprint density at radius 2 is 0.700 bits per heavy atom. The van der Waals surface area contributed by atoms with Gasteiger partial charge in [-0.3, -0.25) is 0 Å². The molecular weight excluding hydrogens is 765 g/mol. The van der Waals surface area contributed by atoms with Gasteiger partial charge in [-0.15, -0.1) is 22.7 Å². The lowest BCUT2D eigenvalue weighted by Crippen LogP contribution is -2.31. The van der Waals surface area contributed by atoms with Crippen LogP contribution in [0.2, 0.25) is 0 Å². The van der Waals surface area contributed by atoms with Crippen LogP contribution in [0.5, 0.6) is 0 Å². The molecule has 4 heterocycles. The molecule has 0 spiro atoms. The molecule has 13 rings (SSSR count). The lowest BCUT2D eigenvalue weighted by atomic mass is 9.71. The van der Waals surface area contributed by atoms with Crippen molar-refractivity contribution >= 4 is 119 Å². The van der Waals surface area contributed by atoms with Gasteiger partial charge in [-0.2, -0.15) is 0 Å². The van der Waals surface area contributed by atoms with E-state index in [-0.39, 0.29) is 10.8 Å². The Morgan fingerprint density at radius 1 is 0.333 bits per heavy atom. The molecule has 0 radical (unpaired) electrons. The smallest absolute Gasteiger partial charge is 0.0509 e. The van der Waals surface area contributed by atoms with E-state index < -0.39 is 0 Å². The average molecular weight is 805 g/mol. The van der Waals surface area contributed by atoms with Gasteiger partial charge in [-0.25, -0.2) is 0 Å². The Bertz CT molecular complexity index is 3370. The van der Waals surface area contributed by atoms with Crippen molar-refractivity contribution in [2.24, 2.45) is 0 Å². The van der Waals surface area contributed by atoms with E-state index in [0.717, 1.165) is 0 Å². The Kier molecular flexibility index (Phi) is 6.92. The average Bonchev–Trinajstić information content (AvgIpc) is 3.81. The molecule has 0 amide bonds. The van der Waals surface area contributed by atoms with E-state index >= 15 is 0 Å². The minimum absolute atomic E-state index is 0.208. The summed E-state index contributed by atoms with van der Waals surface area (Å²) >= 11 is 3.87. The molecule has 2 aliphatic rings. The van der Waals surface area contributed by atoms with Gasteiger partial charge in [0.2, 0.25) is 0 Å². The maximum absolute atomic E-state index is 2.51. The number of nitrogens with zero attached hydrogens (tertiary/aromatic N) is 2. The third-order valence-corrected chi connectivity index (χ3v) is 15.9. The topological polar surface area (TPSA) is 6.48 Å². The van der Waals surface area contributed by atoms with E-state index in [2.05, 4.69) is 207 Å². The molecular formula is C56H40N2S2. The van der Waals surface area contributed by atoms with Crippen LogP contribution in [0.3, 0.4) is 0 Å². The van der Waals surface area contributed by atoms with E-state index in [0.29, 0.717) is 0 Å². The first-order chi connectivity index (χ1) is 29.3. The summed E-state index contributed by atoms with van der Waals surface area (Å²) in [7, 11) is 0. The highest BCUT2D eigenvalue weighted by atomic mass is 32.1. The monoisotopic (exact) mass is 804 g/mol. The van der Waals surface area contributed by atoms with Crippen LogP contribution in [0, 0.1) is 0 Å². The molecule has 286 valence electrons. The zero-order valence-electron chi connectivity index (χ0n) is 33.9. The fraction of sp³-hybridized carbons (Fsp3) is 0.107. The van der Waals surface area contributed by atoms with Gasteiger partial charge in [-0.1, -0.05) is 125 Å². The van der Waals surface area contributed by atoms with Gasteiger partial charge in [0, 0.05) is 62.5 Å². The summed E-state index contributed by atoms with van der Waals surface area (Å²) in [6.45, 7) is 9.68. The third-order valence-electron chi connectivity index (χ3n) is 13.7.